The first-order valence-electron chi connectivity index (χ1n) is 8.21. The van der Waals surface area contributed by atoms with Crippen LogP contribution in [0.5, 0.6) is 0 Å². The van der Waals surface area contributed by atoms with Gasteiger partial charge in [0.2, 0.25) is 5.91 Å². The predicted octanol–water partition coefficient (Wildman–Crippen LogP) is 4.10. The number of anilines is 1. The largest absolute Gasteiger partial charge is 0.452 e. The Balaban J connectivity index is 1.49. The molecule has 2 aromatic rings. The van der Waals surface area contributed by atoms with Crippen LogP contribution in [0.4, 0.5) is 18.9 Å². The number of carbonyl (C=O) groups is 2. The van der Waals surface area contributed by atoms with Gasteiger partial charge < -0.3 is 10.1 Å². The molecule has 2 aromatic carbocycles. The molecule has 0 fully saturated rings. The van der Waals surface area contributed by atoms with Crippen LogP contribution in [-0.4, -0.2) is 23.7 Å². The topological polar surface area (TPSA) is 55.4 Å². The number of para-hydroxylation sites is 1. The molecule has 1 N–H and O–H groups in total. The molecule has 1 amide bonds. The van der Waals surface area contributed by atoms with Gasteiger partial charge in [-0.1, -0.05) is 24.0 Å². The molecule has 3 rings (SSSR count). The van der Waals surface area contributed by atoms with Crippen molar-refractivity contribution in [3.8, 4) is 11.8 Å². The third kappa shape index (κ3) is 5.08. The Morgan fingerprint density at radius 1 is 1.14 bits per heavy atom. The van der Waals surface area contributed by atoms with Crippen LogP contribution in [0.1, 0.15) is 17.5 Å². The molecule has 0 spiro atoms. The summed E-state index contributed by atoms with van der Waals surface area (Å²) in [6.45, 7) is -0.213. The van der Waals surface area contributed by atoms with Crippen molar-refractivity contribution >= 4 is 29.3 Å². The van der Waals surface area contributed by atoms with Gasteiger partial charge in [0.15, 0.2) is 6.61 Å². The van der Waals surface area contributed by atoms with Crippen LogP contribution in [0.25, 0.3) is 0 Å². The second-order valence-corrected chi connectivity index (χ2v) is 7.08. The van der Waals surface area contributed by atoms with Gasteiger partial charge in [-0.25, -0.2) is 0 Å². The molecule has 1 aliphatic rings. The number of amides is 1. The van der Waals surface area contributed by atoms with Gasteiger partial charge >= 0.3 is 12.1 Å². The van der Waals surface area contributed by atoms with E-state index in [-0.39, 0.29) is 18.9 Å². The molecule has 28 heavy (non-hydrogen) atoms. The molecular formula is C20H14F3NO3S. The fraction of sp³-hybridized carbons (Fsp3) is 0.200. The summed E-state index contributed by atoms with van der Waals surface area (Å²) < 4.78 is 42.5. The fourth-order valence-corrected chi connectivity index (χ4v) is 3.53. The Labute approximate surface area is 163 Å². The van der Waals surface area contributed by atoms with E-state index in [1.54, 1.807) is 6.07 Å². The number of carbonyl (C=O) groups excluding carboxylic acids is 2. The van der Waals surface area contributed by atoms with E-state index in [0.29, 0.717) is 11.3 Å². The molecule has 0 saturated heterocycles. The molecule has 1 atom stereocenters. The van der Waals surface area contributed by atoms with Crippen molar-refractivity contribution in [2.24, 2.45) is 0 Å². The van der Waals surface area contributed by atoms with Crippen LogP contribution in [0.2, 0.25) is 0 Å². The fourth-order valence-electron chi connectivity index (χ4n) is 2.43. The number of esters is 1. The molecular weight excluding hydrogens is 391 g/mol. The van der Waals surface area contributed by atoms with Gasteiger partial charge in [0, 0.05) is 10.5 Å². The molecule has 0 aromatic heterocycles. The van der Waals surface area contributed by atoms with Crippen LogP contribution in [0.15, 0.2) is 53.4 Å². The molecule has 0 bridgehead atoms. The van der Waals surface area contributed by atoms with Crippen molar-refractivity contribution in [2.45, 2.75) is 22.7 Å². The summed E-state index contributed by atoms with van der Waals surface area (Å²) in [6.07, 6.45) is -4.50. The molecule has 0 unspecified atom stereocenters. The number of hydrogen-bond donors (Lipinski definition) is 1. The van der Waals surface area contributed by atoms with Crippen LogP contribution in [-0.2, 0) is 20.5 Å². The van der Waals surface area contributed by atoms with E-state index >= 15 is 0 Å². The van der Waals surface area contributed by atoms with Gasteiger partial charge in [-0.15, -0.1) is 11.8 Å². The second-order valence-electron chi connectivity index (χ2n) is 5.83. The Bertz CT molecular complexity index is 946. The number of hydrogen-bond acceptors (Lipinski definition) is 4. The molecule has 8 heteroatoms. The molecule has 1 aliphatic heterocycles. The Morgan fingerprint density at radius 3 is 2.57 bits per heavy atom. The number of thioether (sulfide) groups is 1. The smallest absolute Gasteiger partial charge is 0.416 e. The molecule has 1 heterocycles. The zero-order valence-corrected chi connectivity index (χ0v) is 15.2. The van der Waals surface area contributed by atoms with E-state index in [0.717, 1.165) is 17.0 Å². The van der Waals surface area contributed by atoms with Gasteiger partial charge in [-0.05, 0) is 36.4 Å². The molecule has 4 nitrogen and oxygen atoms in total. The highest BCUT2D eigenvalue weighted by atomic mass is 32.2. The SMILES string of the molecule is O=C(C[C@@H]1Sc2ccccc2NC1=O)OCC#Cc1ccc(C(F)(F)F)cc1. The second kappa shape index (κ2) is 8.40. The minimum atomic E-state index is -4.40. The minimum Gasteiger partial charge on any atom is -0.452 e. The maximum absolute atomic E-state index is 12.5. The van der Waals surface area contributed by atoms with Crippen LogP contribution >= 0.6 is 11.8 Å². The highest BCUT2D eigenvalue weighted by Crippen LogP contribution is 2.36. The number of benzene rings is 2. The zero-order chi connectivity index (χ0) is 20.1. The average molecular weight is 405 g/mol. The highest BCUT2D eigenvalue weighted by Gasteiger charge is 2.30. The number of rotatable bonds is 3. The average Bonchev–Trinajstić information content (AvgIpc) is 2.65. The van der Waals surface area contributed by atoms with Gasteiger partial charge in [0.1, 0.15) is 0 Å². The third-order valence-electron chi connectivity index (χ3n) is 3.81. The lowest BCUT2D eigenvalue weighted by Gasteiger charge is -2.23. The minimum absolute atomic E-state index is 0.104. The van der Waals surface area contributed by atoms with Crippen molar-refractivity contribution in [3.63, 3.8) is 0 Å². The maximum atomic E-state index is 12.5. The number of alkyl halides is 3. The van der Waals surface area contributed by atoms with Gasteiger partial charge in [0.25, 0.3) is 0 Å². The number of halogens is 3. The van der Waals surface area contributed by atoms with E-state index in [1.807, 2.05) is 18.2 Å². The van der Waals surface area contributed by atoms with Crippen molar-refractivity contribution < 1.29 is 27.5 Å². The van der Waals surface area contributed by atoms with Gasteiger partial charge in [-0.2, -0.15) is 13.2 Å². The monoisotopic (exact) mass is 405 g/mol. The predicted molar refractivity (Wildman–Crippen MR) is 98.6 cm³/mol. The molecule has 0 aliphatic carbocycles. The Hall–Kier alpha value is -2.92. The first-order valence-corrected chi connectivity index (χ1v) is 9.09. The Morgan fingerprint density at radius 2 is 1.86 bits per heavy atom. The summed E-state index contributed by atoms with van der Waals surface area (Å²) in [5, 5.41) is 2.15. The van der Waals surface area contributed by atoms with Crippen LogP contribution < -0.4 is 5.32 Å². The highest BCUT2D eigenvalue weighted by molar-refractivity contribution is 8.01. The molecule has 0 radical (unpaired) electrons. The van der Waals surface area contributed by atoms with Crippen molar-refractivity contribution in [1.29, 1.82) is 0 Å². The zero-order valence-electron chi connectivity index (χ0n) is 14.4. The molecule has 0 saturated carbocycles. The summed E-state index contributed by atoms with van der Waals surface area (Å²) in [5.41, 5.74) is 0.335. The third-order valence-corrected chi connectivity index (χ3v) is 5.08. The summed E-state index contributed by atoms with van der Waals surface area (Å²) in [7, 11) is 0. The van der Waals surface area contributed by atoms with Crippen molar-refractivity contribution in [3.05, 3.63) is 59.7 Å². The quantitative estimate of drug-likeness (QED) is 0.617. The lowest BCUT2D eigenvalue weighted by atomic mass is 10.1. The van der Waals surface area contributed by atoms with E-state index < -0.39 is 23.0 Å². The number of nitrogens with one attached hydrogen (secondary N) is 1. The maximum Gasteiger partial charge on any atom is 0.416 e. The van der Waals surface area contributed by atoms with Crippen LogP contribution in [0, 0.1) is 11.8 Å². The van der Waals surface area contributed by atoms with Crippen molar-refractivity contribution in [2.75, 3.05) is 11.9 Å². The normalized spacial score (nSPS) is 15.7. The Kier molecular flexibility index (Phi) is 5.95. The van der Waals surface area contributed by atoms with Crippen molar-refractivity contribution in [1.82, 2.24) is 0 Å². The number of ether oxygens (including phenoxy) is 1. The van der Waals surface area contributed by atoms with E-state index in [4.69, 9.17) is 4.74 Å². The summed E-state index contributed by atoms with van der Waals surface area (Å²) in [6, 6.07) is 11.7. The summed E-state index contributed by atoms with van der Waals surface area (Å²) >= 11 is 1.29. The standard InChI is InChI=1S/C20H14F3NO3S/c21-20(22,23)14-9-7-13(8-10-14)4-3-11-27-18(25)12-17-19(26)24-15-5-1-2-6-16(15)28-17/h1-2,5-10,17H,11-12H2,(H,24,26)/t17-/m0/s1. The first kappa shape index (κ1) is 19.8. The lowest BCUT2D eigenvalue weighted by Crippen LogP contribution is -2.31. The summed E-state index contributed by atoms with van der Waals surface area (Å²) in [4.78, 5) is 24.9. The molecule has 144 valence electrons. The summed E-state index contributed by atoms with van der Waals surface area (Å²) in [5.74, 6) is 4.36. The van der Waals surface area contributed by atoms with Gasteiger partial charge in [0.05, 0.1) is 22.9 Å². The van der Waals surface area contributed by atoms with E-state index in [9.17, 15) is 22.8 Å². The first-order chi connectivity index (χ1) is 13.3. The van der Waals surface area contributed by atoms with E-state index in [1.165, 1.54) is 23.9 Å². The van der Waals surface area contributed by atoms with Gasteiger partial charge in [-0.3, -0.25) is 9.59 Å². The number of fused-ring (bicyclic) bond motifs is 1. The van der Waals surface area contributed by atoms with Crippen LogP contribution in [0.3, 0.4) is 0 Å². The van der Waals surface area contributed by atoms with E-state index in [2.05, 4.69) is 17.2 Å². The lowest BCUT2D eigenvalue weighted by molar-refractivity contribution is -0.143.